The van der Waals surface area contributed by atoms with Crippen molar-refractivity contribution in [3.05, 3.63) is 17.1 Å². The van der Waals surface area contributed by atoms with E-state index in [0.29, 0.717) is 0 Å². The summed E-state index contributed by atoms with van der Waals surface area (Å²) in [4.78, 5) is 29.8. The molecule has 0 saturated heterocycles. The molecule has 0 aromatic rings. The van der Waals surface area contributed by atoms with Crippen LogP contribution in [0.3, 0.4) is 0 Å². The van der Waals surface area contributed by atoms with Crippen molar-refractivity contribution in [3.8, 4) is 0 Å². The Morgan fingerprint density at radius 1 is 1.40 bits per heavy atom. The second kappa shape index (κ2) is 5.19. The molecule has 54 valence electrons. The molecule has 0 bridgehead atoms. The van der Waals surface area contributed by atoms with Crippen LogP contribution in [0.25, 0.3) is 0 Å². The van der Waals surface area contributed by atoms with E-state index in [4.69, 9.17) is 0 Å². The Hall–Kier alpha value is -0.620. The fourth-order valence-corrected chi connectivity index (χ4v) is 0.483. The van der Waals surface area contributed by atoms with Gasteiger partial charge in [0.1, 0.15) is 11.9 Å². The van der Waals surface area contributed by atoms with Crippen LogP contribution in [0.5, 0.6) is 0 Å². The first kappa shape index (κ1) is 9.38. The highest BCUT2D eigenvalue weighted by Gasteiger charge is 1.95. The summed E-state index contributed by atoms with van der Waals surface area (Å²) < 4.78 is 2.24. The van der Waals surface area contributed by atoms with Crippen molar-refractivity contribution in [2.45, 2.75) is 0 Å². The fraction of sp³-hybridized carbons (Fsp3) is 0. The average molecular weight is 177 g/mol. The minimum absolute atomic E-state index is 0.231. The van der Waals surface area contributed by atoms with Crippen LogP contribution in [0.2, 0.25) is 0 Å². The summed E-state index contributed by atoms with van der Waals surface area (Å²) in [6.07, 6.45) is 1.88. The molecule has 0 radical (unpaired) electrons. The van der Waals surface area contributed by atoms with Gasteiger partial charge in [-0.15, -0.1) is 17.5 Å². The summed E-state index contributed by atoms with van der Waals surface area (Å²) in [5.74, 6) is 0. The van der Waals surface area contributed by atoms with Gasteiger partial charge in [0, 0.05) is 4.58 Å². The standard InChI is InChI=1S/C4H3NO3S2/c6-3(9)1-2-4(7)10-5-8/h1-2H,(H,6,9)/b2-1-. The lowest BCUT2D eigenvalue weighted by atomic mass is 10.5. The third-order valence-electron chi connectivity index (χ3n) is 0.489. The van der Waals surface area contributed by atoms with Crippen LogP contribution in [0, 0.1) is 4.91 Å². The Balaban J connectivity index is 3.77. The summed E-state index contributed by atoms with van der Waals surface area (Å²) in [5.41, 5.74) is 0. The van der Waals surface area contributed by atoms with Gasteiger partial charge in [0.25, 0.3) is 0 Å². The lowest BCUT2D eigenvalue weighted by Gasteiger charge is -1.78. The molecule has 10 heavy (non-hydrogen) atoms. The Kier molecular flexibility index (Phi) is 4.87. The second-order valence-electron chi connectivity index (χ2n) is 1.16. The summed E-state index contributed by atoms with van der Waals surface area (Å²) in [6, 6.07) is 0. The van der Waals surface area contributed by atoms with E-state index in [1.807, 2.05) is 0 Å². The van der Waals surface area contributed by atoms with Gasteiger partial charge in [0.05, 0.1) is 0 Å². The number of carbonyl (C=O) groups is 2. The molecule has 0 aromatic heterocycles. The molecule has 6 heteroatoms. The summed E-state index contributed by atoms with van der Waals surface area (Å²) in [5, 5.41) is -1.13. The molecule has 0 rings (SSSR count). The van der Waals surface area contributed by atoms with Crippen LogP contribution < -0.4 is 0 Å². The number of rotatable bonds is 3. The Morgan fingerprint density at radius 2 is 2.00 bits per heavy atom. The molecule has 4 nitrogen and oxygen atoms in total. The van der Waals surface area contributed by atoms with Crippen LogP contribution in [-0.2, 0) is 9.59 Å². The van der Waals surface area contributed by atoms with Gasteiger partial charge < -0.3 is 0 Å². The molecule has 0 heterocycles. The van der Waals surface area contributed by atoms with Crippen molar-refractivity contribution in [2.75, 3.05) is 0 Å². The number of hydrogen-bond donors (Lipinski definition) is 1. The molecule has 0 aromatic carbocycles. The van der Waals surface area contributed by atoms with E-state index in [0.717, 1.165) is 12.2 Å². The van der Waals surface area contributed by atoms with Crippen LogP contribution >= 0.6 is 24.6 Å². The molecule has 0 unspecified atom stereocenters. The van der Waals surface area contributed by atoms with Gasteiger partial charge in [-0.25, -0.2) is 0 Å². The Labute approximate surface area is 66.6 Å². The van der Waals surface area contributed by atoms with Crippen LogP contribution in [0.4, 0.5) is 0 Å². The monoisotopic (exact) mass is 177 g/mol. The van der Waals surface area contributed by atoms with Crippen molar-refractivity contribution in [1.29, 1.82) is 0 Å². The zero-order chi connectivity index (χ0) is 7.98. The van der Waals surface area contributed by atoms with Crippen molar-refractivity contribution in [3.63, 3.8) is 0 Å². The quantitative estimate of drug-likeness (QED) is 0.301. The third kappa shape index (κ3) is 5.52. The lowest BCUT2D eigenvalue weighted by Crippen LogP contribution is -1.83. The molecule has 0 spiro atoms. The average Bonchev–Trinajstić information content (AvgIpc) is 1.85. The fourth-order valence-electron chi connectivity index (χ4n) is 0.206. The zero-order valence-electron chi connectivity index (χ0n) is 4.68. The molecule has 0 fully saturated rings. The third-order valence-corrected chi connectivity index (χ3v) is 1.03. The van der Waals surface area contributed by atoms with Crippen molar-refractivity contribution in [2.24, 2.45) is 4.58 Å². The van der Waals surface area contributed by atoms with Crippen LogP contribution in [0.15, 0.2) is 16.7 Å². The summed E-state index contributed by atoms with van der Waals surface area (Å²) >= 11 is 3.58. The molecule has 0 saturated carbocycles. The number of carbonyl (C=O) groups excluding carboxylic acids is 2. The van der Waals surface area contributed by atoms with Gasteiger partial charge >= 0.3 is 0 Å². The predicted octanol–water partition coefficient (Wildman–Crippen LogP) is 0.940. The van der Waals surface area contributed by atoms with E-state index < -0.39 is 10.2 Å². The summed E-state index contributed by atoms with van der Waals surface area (Å²) in [7, 11) is 0. The molecule has 0 atom stereocenters. The maximum absolute atomic E-state index is 10.3. The largest absolute Gasteiger partial charge is 0.283 e. The maximum atomic E-state index is 10.3. The smallest absolute Gasteiger partial charge is 0.237 e. The lowest BCUT2D eigenvalue weighted by molar-refractivity contribution is -0.108. The second-order valence-corrected chi connectivity index (χ2v) is 2.33. The van der Waals surface area contributed by atoms with Gasteiger partial charge in [0.2, 0.25) is 10.2 Å². The summed E-state index contributed by atoms with van der Waals surface area (Å²) in [6.45, 7) is 0. The minimum Gasteiger partial charge on any atom is -0.283 e. The van der Waals surface area contributed by atoms with Crippen molar-refractivity contribution < 1.29 is 9.59 Å². The topological polar surface area (TPSA) is 63.6 Å². The van der Waals surface area contributed by atoms with Gasteiger partial charge in [-0.05, 0) is 12.2 Å². The van der Waals surface area contributed by atoms with Crippen LogP contribution in [-0.4, -0.2) is 10.2 Å². The Bertz CT molecular complexity index is 189. The van der Waals surface area contributed by atoms with E-state index >= 15 is 0 Å². The molecular formula is C4H3NO3S2. The van der Waals surface area contributed by atoms with E-state index in [2.05, 4.69) is 17.2 Å². The molecular weight excluding hydrogens is 174 g/mol. The molecule has 0 N–H and O–H groups in total. The highest BCUT2D eigenvalue weighted by Crippen LogP contribution is 2.02. The zero-order valence-corrected chi connectivity index (χ0v) is 6.39. The number of nitroso groups, excluding NO2 is 1. The molecule has 0 amide bonds. The maximum Gasteiger partial charge on any atom is 0.237 e. The van der Waals surface area contributed by atoms with Gasteiger partial charge in [-0.1, -0.05) is 0 Å². The molecule has 0 aliphatic rings. The van der Waals surface area contributed by atoms with E-state index in [9.17, 15) is 14.5 Å². The van der Waals surface area contributed by atoms with Gasteiger partial charge in [-0.3, -0.25) is 9.59 Å². The van der Waals surface area contributed by atoms with Crippen molar-refractivity contribution >= 4 is 34.8 Å². The number of nitrogens with zero attached hydrogens (tertiary/aromatic N) is 1. The first-order valence-electron chi connectivity index (χ1n) is 2.11. The van der Waals surface area contributed by atoms with E-state index in [1.165, 1.54) is 0 Å². The predicted molar refractivity (Wildman–Crippen MR) is 41.5 cm³/mol. The van der Waals surface area contributed by atoms with E-state index in [1.54, 1.807) is 0 Å². The highest BCUT2D eigenvalue weighted by molar-refractivity contribution is 8.12. The minimum atomic E-state index is -0.586. The first-order valence-corrected chi connectivity index (χ1v) is 3.33. The Morgan fingerprint density at radius 3 is 2.40 bits per heavy atom. The normalized spacial score (nSPS) is 9.70. The van der Waals surface area contributed by atoms with Gasteiger partial charge in [-0.2, -0.15) is 0 Å². The number of hydrogen-bond acceptors (Lipinski definition) is 5. The number of thiol groups is 1. The van der Waals surface area contributed by atoms with Gasteiger partial charge in [0.15, 0.2) is 0 Å². The molecule has 0 aliphatic heterocycles. The van der Waals surface area contributed by atoms with E-state index in [-0.39, 0.29) is 11.9 Å². The first-order chi connectivity index (χ1) is 4.66. The molecule has 0 aliphatic carbocycles. The van der Waals surface area contributed by atoms with Crippen molar-refractivity contribution in [1.82, 2.24) is 0 Å². The SMILES string of the molecule is O=NSC(=O)/C=C\C(=O)S. The highest BCUT2D eigenvalue weighted by atomic mass is 32.2. The van der Waals surface area contributed by atoms with Crippen LogP contribution in [0.1, 0.15) is 0 Å².